The molecule has 134 valence electrons. The summed E-state index contributed by atoms with van der Waals surface area (Å²) in [6.45, 7) is 0. The zero-order valence-electron chi connectivity index (χ0n) is 14.9. The van der Waals surface area contributed by atoms with E-state index in [0.717, 1.165) is 11.1 Å². The minimum Gasteiger partial charge on any atom is -0.497 e. The Kier molecular flexibility index (Phi) is 4.12. The standard InChI is InChI=1S/C22H17NO4/c1-26-14-8-10-19(20(12-14)27-2)23-22(25)13-7-9-16-15-5-3-4-6-17(15)21(24)18(16)11-13/h3-12H,1-2H3,(H,23,25). The Morgan fingerprint density at radius 2 is 1.56 bits per heavy atom. The summed E-state index contributed by atoms with van der Waals surface area (Å²) in [5.74, 6) is 0.750. The van der Waals surface area contributed by atoms with Gasteiger partial charge in [-0.1, -0.05) is 30.3 Å². The predicted octanol–water partition coefficient (Wildman–Crippen LogP) is 4.17. The highest BCUT2D eigenvalue weighted by Crippen LogP contribution is 2.37. The molecule has 0 aliphatic heterocycles. The van der Waals surface area contributed by atoms with Crippen LogP contribution in [0.3, 0.4) is 0 Å². The van der Waals surface area contributed by atoms with E-state index in [2.05, 4.69) is 5.32 Å². The Bertz CT molecular complexity index is 1070. The molecule has 3 aromatic carbocycles. The average molecular weight is 359 g/mol. The molecule has 0 aromatic heterocycles. The van der Waals surface area contributed by atoms with Crippen molar-refractivity contribution in [3.63, 3.8) is 0 Å². The number of carbonyl (C=O) groups excluding carboxylic acids is 2. The average Bonchev–Trinajstić information content (AvgIpc) is 3.00. The summed E-state index contributed by atoms with van der Waals surface area (Å²) in [7, 11) is 3.09. The maximum atomic E-state index is 12.7. The van der Waals surface area contributed by atoms with Crippen molar-refractivity contribution in [1.29, 1.82) is 0 Å². The van der Waals surface area contributed by atoms with E-state index in [1.807, 2.05) is 24.3 Å². The predicted molar refractivity (Wildman–Crippen MR) is 103 cm³/mol. The van der Waals surface area contributed by atoms with E-state index in [0.29, 0.717) is 33.9 Å². The number of amides is 1. The van der Waals surface area contributed by atoms with Gasteiger partial charge in [-0.15, -0.1) is 0 Å². The van der Waals surface area contributed by atoms with Crippen LogP contribution in [0.25, 0.3) is 11.1 Å². The molecule has 0 atom stereocenters. The first-order valence-corrected chi connectivity index (χ1v) is 8.44. The van der Waals surface area contributed by atoms with Crippen LogP contribution >= 0.6 is 0 Å². The molecule has 0 spiro atoms. The summed E-state index contributed by atoms with van der Waals surface area (Å²) in [4.78, 5) is 25.3. The fourth-order valence-corrected chi connectivity index (χ4v) is 3.27. The van der Waals surface area contributed by atoms with Crippen LogP contribution in [0, 0.1) is 0 Å². The van der Waals surface area contributed by atoms with E-state index in [4.69, 9.17) is 9.47 Å². The van der Waals surface area contributed by atoms with Crippen molar-refractivity contribution in [3.8, 4) is 22.6 Å². The van der Waals surface area contributed by atoms with Crippen LogP contribution in [0.15, 0.2) is 60.7 Å². The topological polar surface area (TPSA) is 64.6 Å². The maximum Gasteiger partial charge on any atom is 0.255 e. The second kappa shape index (κ2) is 6.61. The minimum atomic E-state index is -0.315. The number of carbonyl (C=O) groups is 2. The molecule has 0 bridgehead atoms. The van der Waals surface area contributed by atoms with Crippen molar-refractivity contribution >= 4 is 17.4 Å². The fourth-order valence-electron chi connectivity index (χ4n) is 3.27. The van der Waals surface area contributed by atoms with Crippen LogP contribution in [-0.2, 0) is 0 Å². The normalized spacial score (nSPS) is 11.6. The van der Waals surface area contributed by atoms with Gasteiger partial charge in [-0.25, -0.2) is 0 Å². The van der Waals surface area contributed by atoms with Crippen molar-refractivity contribution < 1.29 is 19.1 Å². The number of anilines is 1. The van der Waals surface area contributed by atoms with Crippen LogP contribution in [0.4, 0.5) is 5.69 Å². The third-order valence-electron chi connectivity index (χ3n) is 4.65. The van der Waals surface area contributed by atoms with E-state index in [1.54, 1.807) is 43.5 Å². The van der Waals surface area contributed by atoms with Gasteiger partial charge >= 0.3 is 0 Å². The number of hydrogen-bond donors (Lipinski definition) is 1. The molecule has 1 N–H and O–H groups in total. The Hall–Kier alpha value is -3.60. The summed E-state index contributed by atoms with van der Waals surface area (Å²) in [5.41, 5.74) is 3.91. The summed E-state index contributed by atoms with van der Waals surface area (Å²) < 4.78 is 10.5. The molecule has 0 saturated carbocycles. The largest absolute Gasteiger partial charge is 0.497 e. The second-order valence-electron chi connectivity index (χ2n) is 6.16. The molecule has 0 unspecified atom stereocenters. The third-order valence-corrected chi connectivity index (χ3v) is 4.65. The lowest BCUT2D eigenvalue weighted by molar-refractivity contribution is 0.102. The quantitative estimate of drug-likeness (QED) is 0.594. The number of fused-ring (bicyclic) bond motifs is 3. The summed E-state index contributed by atoms with van der Waals surface area (Å²) in [5, 5.41) is 2.83. The molecule has 27 heavy (non-hydrogen) atoms. The first kappa shape index (κ1) is 16.8. The van der Waals surface area contributed by atoms with Crippen molar-refractivity contribution in [2.45, 2.75) is 0 Å². The van der Waals surface area contributed by atoms with Gasteiger partial charge in [-0.3, -0.25) is 9.59 Å². The van der Waals surface area contributed by atoms with Gasteiger partial charge in [-0.2, -0.15) is 0 Å². The molecule has 3 aromatic rings. The van der Waals surface area contributed by atoms with Crippen LogP contribution < -0.4 is 14.8 Å². The zero-order valence-corrected chi connectivity index (χ0v) is 14.9. The highest BCUT2D eigenvalue weighted by atomic mass is 16.5. The SMILES string of the molecule is COc1ccc(NC(=O)c2ccc3c(c2)C(=O)c2ccccc2-3)c(OC)c1. The fraction of sp³-hybridized carbons (Fsp3) is 0.0909. The number of methoxy groups -OCH3 is 2. The third kappa shape index (κ3) is 2.83. The number of hydrogen-bond acceptors (Lipinski definition) is 4. The molecule has 0 radical (unpaired) electrons. The lowest BCUT2D eigenvalue weighted by Crippen LogP contribution is -2.13. The van der Waals surface area contributed by atoms with Gasteiger partial charge in [0.25, 0.3) is 5.91 Å². The van der Waals surface area contributed by atoms with Gasteiger partial charge < -0.3 is 14.8 Å². The number of ketones is 1. The molecule has 1 amide bonds. The van der Waals surface area contributed by atoms with Crippen LogP contribution in [0.1, 0.15) is 26.3 Å². The molecule has 0 heterocycles. The molecule has 5 nitrogen and oxygen atoms in total. The van der Waals surface area contributed by atoms with E-state index < -0.39 is 0 Å². The Labute approximate surface area is 156 Å². The summed E-state index contributed by atoms with van der Waals surface area (Å²) in [6, 6.07) is 17.8. The van der Waals surface area contributed by atoms with E-state index in [9.17, 15) is 9.59 Å². The van der Waals surface area contributed by atoms with Crippen molar-refractivity contribution in [1.82, 2.24) is 0 Å². The minimum absolute atomic E-state index is 0.0581. The highest BCUT2D eigenvalue weighted by Gasteiger charge is 2.27. The number of nitrogens with one attached hydrogen (secondary N) is 1. The summed E-state index contributed by atoms with van der Waals surface area (Å²) in [6.07, 6.45) is 0. The monoisotopic (exact) mass is 359 g/mol. The van der Waals surface area contributed by atoms with Crippen LogP contribution in [-0.4, -0.2) is 25.9 Å². The highest BCUT2D eigenvalue weighted by molar-refractivity contribution is 6.22. The van der Waals surface area contributed by atoms with E-state index >= 15 is 0 Å². The Morgan fingerprint density at radius 1 is 0.815 bits per heavy atom. The molecule has 0 fully saturated rings. The van der Waals surface area contributed by atoms with Crippen LogP contribution in [0.2, 0.25) is 0 Å². The molecule has 4 rings (SSSR count). The molecule has 5 heteroatoms. The van der Waals surface area contributed by atoms with E-state index in [1.165, 1.54) is 7.11 Å². The molecule has 1 aliphatic carbocycles. The molecule has 1 aliphatic rings. The molecule has 0 saturated heterocycles. The first-order chi connectivity index (χ1) is 13.1. The van der Waals surface area contributed by atoms with Crippen molar-refractivity contribution in [2.24, 2.45) is 0 Å². The number of benzene rings is 3. The van der Waals surface area contributed by atoms with Crippen molar-refractivity contribution in [2.75, 3.05) is 19.5 Å². The maximum absolute atomic E-state index is 12.7. The van der Waals surface area contributed by atoms with Crippen LogP contribution in [0.5, 0.6) is 11.5 Å². The van der Waals surface area contributed by atoms with Gasteiger partial charge in [0.15, 0.2) is 5.78 Å². The van der Waals surface area contributed by atoms with E-state index in [-0.39, 0.29) is 11.7 Å². The molecular weight excluding hydrogens is 342 g/mol. The zero-order chi connectivity index (χ0) is 19.0. The summed E-state index contributed by atoms with van der Waals surface area (Å²) >= 11 is 0. The number of rotatable bonds is 4. The Balaban J connectivity index is 1.64. The van der Waals surface area contributed by atoms with Gasteiger partial charge in [0.2, 0.25) is 0 Å². The lowest BCUT2D eigenvalue weighted by atomic mass is 10.0. The lowest BCUT2D eigenvalue weighted by Gasteiger charge is -2.12. The molecular formula is C22H17NO4. The van der Waals surface area contributed by atoms with Gasteiger partial charge in [0.05, 0.1) is 19.9 Å². The smallest absolute Gasteiger partial charge is 0.255 e. The van der Waals surface area contributed by atoms with Gasteiger partial charge in [0, 0.05) is 22.8 Å². The van der Waals surface area contributed by atoms with Gasteiger partial charge in [0.1, 0.15) is 11.5 Å². The number of ether oxygens (including phenoxy) is 2. The van der Waals surface area contributed by atoms with Gasteiger partial charge in [-0.05, 0) is 35.4 Å². The van der Waals surface area contributed by atoms with Crippen molar-refractivity contribution in [3.05, 3.63) is 77.4 Å². The first-order valence-electron chi connectivity index (χ1n) is 8.44. The second-order valence-corrected chi connectivity index (χ2v) is 6.16. The Morgan fingerprint density at radius 3 is 2.30 bits per heavy atom.